The molecule has 0 aliphatic rings. The summed E-state index contributed by atoms with van der Waals surface area (Å²) >= 11 is 1.40. The molecule has 0 aliphatic carbocycles. The van der Waals surface area contributed by atoms with Crippen molar-refractivity contribution in [1.29, 1.82) is 0 Å². The van der Waals surface area contributed by atoms with E-state index in [0.29, 0.717) is 22.0 Å². The van der Waals surface area contributed by atoms with Crippen LogP contribution in [0.5, 0.6) is 5.88 Å². The van der Waals surface area contributed by atoms with E-state index in [-0.39, 0.29) is 31.5 Å². The number of hydrogen-bond donors (Lipinski definition) is 0. The topological polar surface area (TPSA) is 102 Å². The van der Waals surface area contributed by atoms with Crippen molar-refractivity contribution in [3.05, 3.63) is 52.2 Å². The quantitative estimate of drug-likeness (QED) is 0.237. The van der Waals surface area contributed by atoms with Crippen LogP contribution in [0.1, 0.15) is 31.9 Å². The fourth-order valence-corrected chi connectivity index (χ4v) is 3.67. The molecule has 0 spiro atoms. The van der Waals surface area contributed by atoms with Crippen molar-refractivity contribution in [2.45, 2.75) is 20.8 Å². The zero-order valence-corrected chi connectivity index (χ0v) is 19.2. The van der Waals surface area contributed by atoms with Crippen molar-refractivity contribution in [2.75, 3.05) is 19.8 Å². The van der Waals surface area contributed by atoms with Gasteiger partial charge in [0.2, 0.25) is 5.88 Å². The van der Waals surface area contributed by atoms with Crippen LogP contribution >= 0.6 is 11.3 Å². The number of nitrogens with zero attached hydrogens (tertiary/aromatic N) is 1. The molecule has 1 aromatic carbocycles. The third-order valence-electron chi connectivity index (χ3n) is 4.30. The molecule has 0 bridgehead atoms. The fraction of sp³-hybridized carbons (Fsp3) is 0.261. The minimum absolute atomic E-state index is 0.0791. The average molecular weight is 474 g/mol. The van der Waals surface area contributed by atoms with Crippen LogP contribution in [0.25, 0.3) is 22.7 Å². The Labute approximate surface area is 194 Å². The van der Waals surface area contributed by atoms with E-state index in [4.69, 9.17) is 23.7 Å². The number of rotatable bonds is 7. The number of benzene rings is 1. The van der Waals surface area contributed by atoms with Crippen molar-refractivity contribution >= 4 is 52.5 Å². The van der Waals surface area contributed by atoms with Crippen molar-refractivity contribution in [3.8, 4) is 5.88 Å². The highest BCUT2D eigenvalue weighted by Crippen LogP contribution is 2.36. The summed E-state index contributed by atoms with van der Waals surface area (Å²) in [5.41, 5.74) is 1.35. The van der Waals surface area contributed by atoms with Gasteiger partial charge in [0, 0.05) is 21.9 Å². The van der Waals surface area contributed by atoms with E-state index in [1.54, 1.807) is 56.5 Å². The van der Waals surface area contributed by atoms with Gasteiger partial charge in [0.1, 0.15) is 5.76 Å². The summed E-state index contributed by atoms with van der Waals surface area (Å²) in [6, 6.07) is 8.67. The maximum Gasteiger partial charge on any atom is 0.515 e. The summed E-state index contributed by atoms with van der Waals surface area (Å²) < 4.78 is 27.0. The maximum absolute atomic E-state index is 12.8. The minimum atomic E-state index is -0.996. The van der Waals surface area contributed by atoms with Crippen LogP contribution in [0, 0.1) is 0 Å². The zero-order valence-electron chi connectivity index (χ0n) is 18.4. The summed E-state index contributed by atoms with van der Waals surface area (Å²) in [7, 11) is 0. The van der Waals surface area contributed by atoms with E-state index >= 15 is 0 Å². The molecule has 2 aromatic heterocycles. The molecule has 0 unspecified atom stereocenters. The highest BCUT2D eigenvalue weighted by Gasteiger charge is 2.26. The lowest BCUT2D eigenvalue weighted by atomic mass is 10.1. The largest absolute Gasteiger partial charge is 0.515 e. The summed E-state index contributed by atoms with van der Waals surface area (Å²) in [5, 5.41) is 4.15. The fourth-order valence-electron chi connectivity index (χ4n) is 3.02. The maximum atomic E-state index is 12.8. The van der Waals surface area contributed by atoms with Gasteiger partial charge in [0.05, 0.1) is 25.3 Å². The molecule has 0 saturated carbocycles. The number of carbonyl (C=O) groups excluding carboxylic acids is 3. The summed E-state index contributed by atoms with van der Waals surface area (Å²) in [5.74, 6) is 0.0171. The van der Waals surface area contributed by atoms with Crippen LogP contribution in [0.3, 0.4) is 0 Å². The Morgan fingerprint density at radius 1 is 0.939 bits per heavy atom. The van der Waals surface area contributed by atoms with Crippen LogP contribution in [0.2, 0.25) is 0 Å². The first-order chi connectivity index (χ1) is 16.0. The van der Waals surface area contributed by atoms with Gasteiger partial charge in [-0.2, -0.15) is 11.3 Å². The van der Waals surface area contributed by atoms with Crippen LogP contribution < -0.4 is 4.74 Å². The van der Waals surface area contributed by atoms with Gasteiger partial charge < -0.3 is 23.7 Å². The number of carbonyl (C=O) groups is 3. The first-order valence-electron chi connectivity index (χ1n) is 10.2. The monoisotopic (exact) mass is 473 g/mol. The van der Waals surface area contributed by atoms with E-state index in [9.17, 15) is 14.4 Å². The van der Waals surface area contributed by atoms with Gasteiger partial charge in [-0.1, -0.05) is 18.2 Å². The van der Waals surface area contributed by atoms with Gasteiger partial charge in [0.25, 0.3) is 0 Å². The Kier molecular flexibility index (Phi) is 8.09. The van der Waals surface area contributed by atoms with Crippen LogP contribution in [-0.2, 0) is 18.9 Å². The van der Waals surface area contributed by atoms with Gasteiger partial charge in [0.15, 0.2) is 0 Å². The van der Waals surface area contributed by atoms with Gasteiger partial charge in [-0.05, 0) is 44.4 Å². The molecule has 33 heavy (non-hydrogen) atoms. The smallest absolute Gasteiger partial charge is 0.449 e. The Balaban J connectivity index is 2.25. The minimum Gasteiger partial charge on any atom is -0.449 e. The Morgan fingerprint density at radius 3 is 2.30 bits per heavy atom. The average Bonchev–Trinajstić information content (AvgIpc) is 3.41. The SMILES string of the molecule is CCOC(=O)O/C(=C\c1c(OC(=O)OCC)n(C(=O)OCC)c2ccccc12)c1ccsc1. The van der Waals surface area contributed by atoms with E-state index in [1.165, 1.54) is 17.4 Å². The van der Waals surface area contributed by atoms with Crippen molar-refractivity contribution < 1.29 is 38.1 Å². The van der Waals surface area contributed by atoms with Gasteiger partial charge in [-0.3, -0.25) is 0 Å². The number of hydrogen-bond acceptors (Lipinski definition) is 9. The van der Waals surface area contributed by atoms with Crippen LogP contribution in [0.15, 0.2) is 41.1 Å². The standard InChI is InChI=1S/C23H23NO8S/c1-4-28-21(25)24-18-10-8-7-9-16(18)17(20(24)32-23(27)30-6-3)13-19(15-11-12-33-14-15)31-22(26)29-5-2/h7-14H,4-6H2,1-3H3/b19-13-. The van der Waals surface area contributed by atoms with Gasteiger partial charge in [-0.15, -0.1) is 0 Å². The van der Waals surface area contributed by atoms with Crippen LogP contribution in [0.4, 0.5) is 14.4 Å². The molecule has 10 heteroatoms. The molecular weight excluding hydrogens is 450 g/mol. The van der Waals surface area contributed by atoms with Crippen molar-refractivity contribution in [1.82, 2.24) is 4.57 Å². The molecule has 0 atom stereocenters. The first-order valence-corrected chi connectivity index (χ1v) is 11.2. The van der Waals surface area contributed by atoms with E-state index in [2.05, 4.69) is 0 Å². The lowest BCUT2D eigenvalue weighted by molar-refractivity contribution is 0.0950. The molecule has 3 aromatic rings. The second-order valence-corrected chi connectivity index (χ2v) is 7.14. The van der Waals surface area contributed by atoms with Crippen molar-refractivity contribution in [2.24, 2.45) is 0 Å². The Morgan fingerprint density at radius 2 is 1.64 bits per heavy atom. The van der Waals surface area contributed by atoms with Crippen LogP contribution in [-0.4, -0.2) is 42.8 Å². The number of fused-ring (bicyclic) bond motifs is 1. The third-order valence-corrected chi connectivity index (χ3v) is 4.98. The molecule has 0 amide bonds. The molecule has 0 saturated heterocycles. The summed E-state index contributed by atoms with van der Waals surface area (Å²) in [4.78, 5) is 37.1. The number of para-hydroxylation sites is 1. The van der Waals surface area contributed by atoms with E-state index in [1.807, 2.05) is 5.38 Å². The summed E-state index contributed by atoms with van der Waals surface area (Å²) in [6.07, 6.45) is -1.12. The number of ether oxygens (including phenoxy) is 5. The molecular formula is C23H23NO8S. The first kappa shape index (κ1) is 23.9. The van der Waals surface area contributed by atoms with E-state index < -0.39 is 18.4 Å². The predicted molar refractivity (Wildman–Crippen MR) is 122 cm³/mol. The molecule has 3 rings (SSSR count). The third kappa shape index (κ3) is 5.53. The summed E-state index contributed by atoms with van der Waals surface area (Å²) in [6.45, 7) is 5.28. The molecule has 0 N–H and O–H groups in total. The lowest BCUT2D eigenvalue weighted by Gasteiger charge is -2.11. The highest BCUT2D eigenvalue weighted by molar-refractivity contribution is 7.08. The zero-order chi connectivity index (χ0) is 23.8. The molecule has 0 radical (unpaired) electrons. The second-order valence-electron chi connectivity index (χ2n) is 6.36. The van der Waals surface area contributed by atoms with E-state index in [0.717, 1.165) is 4.57 Å². The molecule has 2 heterocycles. The number of aromatic nitrogens is 1. The molecule has 9 nitrogen and oxygen atoms in total. The molecule has 0 fully saturated rings. The Hall–Kier alpha value is -3.79. The highest BCUT2D eigenvalue weighted by atomic mass is 32.1. The van der Waals surface area contributed by atoms with Gasteiger partial charge in [-0.25, -0.2) is 19.0 Å². The predicted octanol–water partition coefficient (Wildman–Crippen LogP) is 5.91. The van der Waals surface area contributed by atoms with Gasteiger partial charge >= 0.3 is 18.4 Å². The lowest BCUT2D eigenvalue weighted by Crippen LogP contribution is -2.19. The number of thiophene rings is 1. The normalized spacial score (nSPS) is 11.2. The molecule has 0 aliphatic heterocycles. The molecule has 174 valence electrons. The second kappa shape index (κ2) is 11.2. The Bertz CT molecular complexity index is 1160. The van der Waals surface area contributed by atoms with Crippen molar-refractivity contribution in [3.63, 3.8) is 0 Å².